The number of piperidine rings is 1. The number of H-pyrrole nitrogens is 1. The predicted octanol–water partition coefficient (Wildman–Crippen LogP) is 4.62. The van der Waals surface area contributed by atoms with Crippen molar-refractivity contribution in [2.45, 2.75) is 51.6 Å². The average Bonchev–Trinajstić information content (AvgIpc) is 3.27. The molecule has 2 atom stereocenters. The van der Waals surface area contributed by atoms with Gasteiger partial charge >= 0.3 is 0 Å². The van der Waals surface area contributed by atoms with Gasteiger partial charge in [-0.15, -0.1) is 0 Å². The highest BCUT2D eigenvalue weighted by Crippen LogP contribution is 2.31. The number of pyridine rings is 1. The van der Waals surface area contributed by atoms with Crippen LogP contribution in [0.15, 0.2) is 54.9 Å². The van der Waals surface area contributed by atoms with Gasteiger partial charge in [-0.05, 0) is 55.6 Å². The molecule has 0 spiro atoms. The quantitative estimate of drug-likeness (QED) is 0.576. The number of likely N-dealkylation sites (tertiary alicyclic amines) is 1. The van der Waals surface area contributed by atoms with E-state index in [4.69, 9.17) is 0 Å². The van der Waals surface area contributed by atoms with Crippen molar-refractivity contribution in [2.75, 3.05) is 13.1 Å². The van der Waals surface area contributed by atoms with Crippen LogP contribution in [0.4, 0.5) is 4.39 Å². The van der Waals surface area contributed by atoms with Gasteiger partial charge in [-0.2, -0.15) is 5.10 Å². The summed E-state index contributed by atoms with van der Waals surface area (Å²) in [6, 6.07) is 11.3. The van der Waals surface area contributed by atoms with E-state index < -0.39 is 5.82 Å². The predicted molar refractivity (Wildman–Crippen MR) is 126 cm³/mol. The summed E-state index contributed by atoms with van der Waals surface area (Å²) >= 11 is 0. The first kappa shape index (κ1) is 23.1. The van der Waals surface area contributed by atoms with E-state index >= 15 is 0 Å². The number of benzene rings is 1. The van der Waals surface area contributed by atoms with Gasteiger partial charge in [0.25, 0.3) is 5.91 Å². The number of aromatic amines is 1. The van der Waals surface area contributed by atoms with E-state index in [9.17, 15) is 9.18 Å². The molecule has 2 aromatic heterocycles. The lowest BCUT2D eigenvalue weighted by Crippen LogP contribution is -2.43. The average molecular weight is 450 g/mol. The minimum Gasteiger partial charge on any atom is -0.343 e. The second-order valence-corrected chi connectivity index (χ2v) is 9.87. The molecular weight excluding hydrogens is 417 g/mol. The molecule has 33 heavy (non-hydrogen) atoms. The molecule has 1 aliphatic heterocycles. The maximum absolute atomic E-state index is 13.7. The number of rotatable bonds is 6. The molecule has 1 saturated heterocycles. The van der Waals surface area contributed by atoms with E-state index in [1.54, 1.807) is 18.3 Å². The monoisotopic (exact) mass is 449 g/mol. The van der Waals surface area contributed by atoms with Gasteiger partial charge < -0.3 is 5.32 Å². The summed E-state index contributed by atoms with van der Waals surface area (Å²) < 4.78 is 13.7. The molecule has 1 aromatic carbocycles. The molecule has 6 nitrogen and oxygen atoms in total. The molecular formula is C26H32FN5O. The van der Waals surface area contributed by atoms with E-state index in [0.29, 0.717) is 5.56 Å². The number of hydrogen-bond acceptors (Lipinski definition) is 4. The van der Waals surface area contributed by atoms with Gasteiger partial charge in [-0.3, -0.25) is 19.8 Å². The molecule has 0 saturated carbocycles. The van der Waals surface area contributed by atoms with Crippen LogP contribution in [0, 0.1) is 11.7 Å². The van der Waals surface area contributed by atoms with Crippen LogP contribution in [0.1, 0.15) is 67.0 Å². The van der Waals surface area contributed by atoms with Crippen LogP contribution in [-0.2, 0) is 12.0 Å². The lowest BCUT2D eigenvalue weighted by molar-refractivity contribution is 0.0874. The Bertz CT molecular complexity index is 1080. The van der Waals surface area contributed by atoms with Gasteiger partial charge in [0.15, 0.2) is 0 Å². The van der Waals surface area contributed by atoms with E-state index in [1.165, 1.54) is 17.7 Å². The lowest BCUT2D eigenvalue weighted by Gasteiger charge is -2.37. The number of carbonyl (C=O) groups excluding carboxylic acids is 1. The van der Waals surface area contributed by atoms with Gasteiger partial charge in [0.1, 0.15) is 5.82 Å². The summed E-state index contributed by atoms with van der Waals surface area (Å²) in [5.41, 5.74) is 3.51. The van der Waals surface area contributed by atoms with E-state index in [2.05, 4.69) is 46.2 Å². The van der Waals surface area contributed by atoms with Gasteiger partial charge in [-0.1, -0.05) is 32.9 Å². The molecule has 1 aliphatic rings. The van der Waals surface area contributed by atoms with Gasteiger partial charge in [-0.25, -0.2) is 4.39 Å². The normalized spacial score (nSPS) is 18.1. The maximum atomic E-state index is 13.7. The van der Waals surface area contributed by atoms with Crippen molar-refractivity contribution in [1.82, 2.24) is 25.4 Å². The smallest absolute Gasteiger partial charge is 0.251 e. The number of nitrogens with zero attached hydrogens (tertiary/aromatic N) is 3. The fraction of sp³-hybridized carbons (Fsp3) is 0.423. The van der Waals surface area contributed by atoms with Crippen LogP contribution in [0.5, 0.6) is 0 Å². The number of halogens is 1. The van der Waals surface area contributed by atoms with E-state index in [-0.39, 0.29) is 23.3 Å². The van der Waals surface area contributed by atoms with Crippen molar-refractivity contribution in [1.29, 1.82) is 0 Å². The first-order valence-electron chi connectivity index (χ1n) is 11.5. The third kappa shape index (κ3) is 5.66. The van der Waals surface area contributed by atoms with Crippen molar-refractivity contribution in [3.8, 4) is 0 Å². The zero-order valence-electron chi connectivity index (χ0n) is 19.5. The SMILES string of the molecule is CC(C)(C)c1[nH]ncc1CN1CCC[C@H]([C@H](NC(=O)c2cccc(F)c2)c2ccccn2)C1. The first-order chi connectivity index (χ1) is 15.8. The topological polar surface area (TPSA) is 73.9 Å². The number of carbonyl (C=O) groups is 1. The molecule has 4 rings (SSSR count). The number of aromatic nitrogens is 3. The van der Waals surface area contributed by atoms with Gasteiger partial charge in [0, 0.05) is 41.5 Å². The van der Waals surface area contributed by atoms with Crippen molar-refractivity contribution in [3.63, 3.8) is 0 Å². The Morgan fingerprint density at radius 2 is 2.12 bits per heavy atom. The number of nitrogens with one attached hydrogen (secondary N) is 2. The van der Waals surface area contributed by atoms with Crippen LogP contribution >= 0.6 is 0 Å². The standard InChI is InChI=1S/C26H32FN5O/c1-26(2,3)24-20(15-29-31-24)17-32-13-7-9-19(16-32)23(22-11-4-5-12-28-22)30-25(33)18-8-6-10-21(27)14-18/h4-6,8,10-12,14-15,19,23H,7,9,13,16-17H2,1-3H3,(H,29,31)(H,30,33)/t19-,23-/m0/s1. The number of hydrogen-bond donors (Lipinski definition) is 2. The van der Waals surface area contributed by atoms with Crippen molar-refractivity contribution in [3.05, 3.63) is 83.2 Å². The first-order valence-corrected chi connectivity index (χ1v) is 11.5. The Labute approximate surface area is 194 Å². The molecule has 3 heterocycles. The lowest BCUT2D eigenvalue weighted by atomic mass is 9.87. The molecule has 7 heteroatoms. The second kappa shape index (κ2) is 9.83. The van der Waals surface area contributed by atoms with Crippen LogP contribution in [-0.4, -0.2) is 39.1 Å². The second-order valence-electron chi connectivity index (χ2n) is 9.87. The Morgan fingerprint density at radius 3 is 2.85 bits per heavy atom. The highest BCUT2D eigenvalue weighted by Gasteiger charge is 2.31. The third-order valence-electron chi connectivity index (χ3n) is 6.25. The van der Waals surface area contributed by atoms with Crippen molar-refractivity contribution in [2.24, 2.45) is 5.92 Å². The fourth-order valence-electron chi connectivity index (χ4n) is 4.68. The third-order valence-corrected chi connectivity index (χ3v) is 6.25. The molecule has 0 aliphatic carbocycles. The zero-order valence-corrected chi connectivity index (χ0v) is 19.5. The highest BCUT2D eigenvalue weighted by atomic mass is 19.1. The summed E-state index contributed by atoms with van der Waals surface area (Å²) in [6.07, 6.45) is 5.69. The van der Waals surface area contributed by atoms with Gasteiger partial charge in [0.05, 0.1) is 17.9 Å². The summed E-state index contributed by atoms with van der Waals surface area (Å²) in [5.74, 6) is -0.515. The Balaban J connectivity index is 1.53. The van der Waals surface area contributed by atoms with Crippen molar-refractivity contribution < 1.29 is 9.18 Å². The van der Waals surface area contributed by atoms with E-state index in [0.717, 1.165) is 43.9 Å². The zero-order chi connectivity index (χ0) is 23.4. The Hall–Kier alpha value is -3.06. The molecule has 0 bridgehead atoms. The Kier molecular flexibility index (Phi) is 6.88. The molecule has 0 unspecified atom stereocenters. The largest absolute Gasteiger partial charge is 0.343 e. The minimum atomic E-state index is -0.421. The minimum absolute atomic E-state index is 0.00352. The van der Waals surface area contributed by atoms with Crippen LogP contribution in [0.3, 0.4) is 0 Å². The summed E-state index contributed by atoms with van der Waals surface area (Å²) in [5, 5.41) is 10.6. The molecule has 1 fully saturated rings. The highest BCUT2D eigenvalue weighted by molar-refractivity contribution is 5.94. The Morgan fingerprint density at radius 1 is 1.27 bits per heavy atom. The maximum Gasteiger partial charge on any atom is 0.251 e. The van der Waals surface area contributed by atoms with Crippen LogP contribution in [0.25, 0.3) is 0 Å². The molecule has 1 amide bonds. The molecule has 0 radical (unpaired) electrons. The molecule has 3 aromatic rings. The fourth-order valence-corrected chi connectivity index (χ4v) is 4.68. The number of amides is 1. The molecule has 2 N–H and O–H groups in total. The van der Waals surface area contributed by atoms with E-state index in [1.807, 2.05) is 24.4 Å². The van der Waals surface area contributed by atoms with Gasteiger partial charge in [0.2, 0.25) is 0 Å². The summed E-state index contributed by atoms with van der Waals surface area (Å²) in [4.78, 5) is 20.0. The van der Waals surface area contributed by atoms with Crippen molar-refractivity contribution >= 4 is 5.91 Å². The summed E-state index contributed by atoms with van der Waals surface area (Å²) in [6.45, 7) is 9.19. The summed E-state index contributed by atoms with van der Waals surface area (Å²) in [7, 11) is 0. The van der Waals surface area contributed by atoms with Crippen LogP contribution in [0.2, 0.25) is 0 Å². The van der Waals surface area contributed by atoms with Crippen LogP contribution < -0.4 is 5.32 Å². The molecule has 174 valence electrons.